The van der Waals surface area contributed by atoms with Gasteiger partial charge in [-0.1, -0.05) is 6.08 Å². The number of nitrogens with two attached hydrogens (primary N) is 1. The molecule has 0 aromatic heterocycles. The van der Waals surface area contributed by atoms with Crippen LogP contribution in [0.3, 0.4) is 0 Å². The van der Waals surface area contributed by atoms with Gasteiger partial charge in [0.1, 0.15) is 6.04 Å². The number of primary amides is 1. The summed E-state index contributed by atoms with van der Waals surface area (Å²) in [6.07, 6.45) is 1.52. The molecule has 20 heavy (non-hydrogen) atoms. The highest BCUT2D eigenvalue weighted by molar-refractivity contribution is 5.99. The highest BCUT2D eigenvalue weighted by Crippen LogP contribution is 2.23. The predicted molar refractivity (Wildman–Crippen MR) is 71.5 cm³/mol. The molecule has 1 rings (SSSR count). The van der Waals surface area contributed by atoms with Gasteiger partial charge in [0.15, 0.2) is 0 Å². The first-order chi connectivity index (χ1) is 9.36. The van der Waals surface area contributed by atoms with Crippen LogP contribution in [0.2, 0.25) is 0 Å². The number of nitrogens with one attached hydrogen (secondary N) is 1. The first kappa shape index (κ1) is 15.2. The van der Waals surface area contributed by atoms with Crippen LogP contribution < -0.4 is 11.1 Å². The number of amides is 1. The van der Waals surface area contributed by atoms with E-state index in [1.165, 1.54) is 12.1 Å². The monoisotopic (exact) mass is 279 g/mol. The average molecular weight is 279 g/mol. The van der Waals surface area contributed by atoms with Crippen molar-refractivity contribution in [3.63, 3.8) is 0 Å². The number of non-ortho nitro benzene ring substituents is 1. The van der Waals surface area contributed by atoms with E-state index in [4.69, 9.17) is 10.8 Å². The van der Waals surface area contributed by atoms with E-state index in [9.17, 15) is 19.7 Å². The van der Waals surface area contributed by atoms with Crippen molar-refractivity contribution in [3.05, 3.63) is 46.5 Å². The molecule has 4 N–H and O–H groups in total. The number of anilines is 1. The topological polar surface area (TPSA) is 136 Å². The van der Waals surface area contributed by atoms with E-state index in [-0.39, 0.29) is 23.4 Å². The summed E-state index contributed by atoms with van der Waals surface area (Å²) in [6.45, 7) is 3.44. The van der Waals surface area contributed by atoms with Crippen LogP contribution in [0.25, 0.3) is 0 Å². The van der Waals surface area contributed by atoms with E-state index in [1.54, 1.807) is 0 Å². The van der Waals surface area contributed by atoms with Crippen molar-refractivity contribution >= 4 is 23.3 Å². The lowest BCUT2D eigenvalue weighted by Gasteiger charge is -2.15. The zero-order valence-corrected chi connectivity index (χ0v) is 10.4. The zero-order valence-electron chi connectivity index (χ0n) is 10.4. The molecule has 1 unspecified atom stereocenters. The number of nitrogens with zero attached hydrogens (tertiary/aromatic N) is 1. The number of hydrogen-bond acceptors (Lipinski definition) is 5. The number of hydrogen-bond donors (Lipinski definition) is 3. The standard InChI is InChI=1S/C12H13N3O5/c1-2-3-10(12(17)18)14-9-5-4-7(15(19)20)6-8(9)11(13)16/h2,4-6,10,14H,1,3H2,(H2,13,16)(H,17,18). The summed E-state index contributed by atoms with van der Waals surface area (Å²) in [5.74, 6) is -2.03. The van der Waals surface area contributed by atoms with Gasteiger partial charge in [0, 0.05) is 17.8 Å². The molecule has 0 aliphatic rings. The molecule has 8 heteroatoms. The molecule has 0 fully saturated rings. The fourth-order valence-electron chi connectivity index (χ4n) is 1.55. The Morgan fingerprint density at radius 2 is 2.20 bits per heavy atom. The molecular weight excluding hydrogens is 266 g/mol. The first-order valence-corrected chi connectivity index (χ1v) is 5.55. The molecule has 0 saturated carbocycles. The number of carboxylic acid groups (broad SMARTS) is 1. The number of carboxylic acids is 1. The molecule has 0 heterocycles. The Bertz CT molecular complexity index is 570. The highest BCUT2D eigenvalue weighted by Gasteiger charge is 2.20. The number of aliphatic carboxylic acids is 1. The summed E-state index contributed by atoms with van der Waals surface area (Å²) in [6, 6.07) is 2.39. The molecule has 1 amide bonds. The second-order valence-electron chi connectivity index (χ2n) is 3.91. The lowest BCUT2D eigenvalue weighted by molar-refractivity contribution is -0.384. The van der Waals surface area contributed by atoms with E-state index in [0.717, 1.165) is 12.1 Å². The summed E-state index contributed by atoms with van der Waals surface area (Å²) in [5, 5.41) is 22.3. The summed E-state index contributed by atoms with van der Waals surface area (Å²) < 4.78 is 0. The molecule has 106 valence electrons. The minimum atomic E-state index is -1.14. The Hall–Kier alpha value is -2.90. The fourth-order valence-corrected chi connectivity index (χ4v) is 1.55. The molecule has 1 aromatic carbocycles. The number of carbonyl (C=O) groups excluding carboxylic acids is 1. The van der Waals surface area contributed by atoms with E-state index in [0.29, 0.717) is 0 Å². The molecule has 1 aromatic rings. The van der Waals surface area contributed by atoms with Crippen molar-refractivity contribution in [2.75, 3.05) is 5.32 Å². The molecule has 0 saturated heterocycles. The minimum absolute atomic E-state index is 0.116. The normalized spacial score (nSPS) is 11.4. The van der Waals surface area contributed by atoms with Gasteiger partial charge in [-0.3, -0.25) is 14.9 Å². The second-order valence-corrected chi connectivity index (χ2v) is 3.91. The van der Waals surface area contributed by atoms with Crippen molar-refractivity contribution in [2.45, 2.75) is 12.5 Å². The third-order valence-electron chi connectivity index (χ3n) is 2.51. The van der Waals surface area contributed by atoms with Gasteiger partial charge in [0.25, 0.3) is 11.6 Å². The van der Waals surface area contributed by atoms with Crippen molar-refractivity contribution < 1.29 is 19.6 Å². The van der Waals surface area contributed by atoms with Crippen LogP contribution in [0.1, 0.15) is 16.8 Å². The maximum absolute atomic E-state index is 11.3. The lowest BCUT2D eigenvalue weighted by atomic mass is 10.1. The van der Waals surface area contributed by atoms with E-state index in [1.807, 2.05) is 0 Å². The molecule has 0 aliphatic heterocycles. The Balaban J connectivity index is 3.16. The summed E-state index contributed by atoms with van der Waals surface area (Å²) in [4.78, 5) is 32.3. The maximum atomic E-state index is 11.3. The van der Waals surface area contributed by atoms with Crippen molar-refractivity contribution in [3.8, 4) is 0 Å². The van der Waals surface area contributed by atoms with Gasteiger partial charge < -0.3 is 16.2 Å². The smallest absolute Gasteiger partial charge is 0.326 e. The van der Waals surface area contributed by atoms with Crippen LogP contribution >= 0.6 is 0 Å². The molecule has 0 radical (unpaired) electrons. The molecule has 8 nitrogen and oxygen atoms in total. The van der Waals surface area contributed by atoms with Gasteiger partial charge >= 0.3 is 5.97 Å². The summed E-state index contributed by atoms with van der Waals surface area (Å²) in [7, 11) is 0. The SMILES string of the molecule is C=CCC(Nc1ccc([N+](=O)[O-])cc1C(N)=O)C(=O)O. The Morgan fingerprint density at radius 3 is 2.65 bits per heavy atom. The maximum Gasteiger partial charge on any atom is 0.326 e. The summed E-state index contributed by atoms with van der Waals surface area (Å²) in [5.41, 5.74) is 4.81. The molecule has 0 bridgehead atoms. The van der Waals surface area contributed by atoms with Crippen LogP contribution in [0, 0.1) is 10.1 Å². The number of nitro groups is 1. The van der Waals surface area contributed by atoms with Gasteiger partial charge in [-0.2, -0.15) is 0 Å². The average Bonchev–Trinajstić information content (AvgIpc) is 2.37. The predicted octanol–water partition coefficient (Wildman–Crippen LogP) is 1.13. The van der Waals surface area contributed by atoms with Gasteiger partial charge in [0.05, 0.1) is 10.5 Å². The Labute approximate surface area is 114 Å². The highest BCUT2D eigenvalue weighted by atomic mass is 16.6. The van der Waals surface area contributed by atoms with Crippen LogP contribution in [0.4, 0.5) is 11.4 Å². The quantitative estimate of drug-likeness (QED) is 0.389. The molecule has 1 atom stereocenters. The van der Waals surface area contributed by atoms with E-state index in [2.05, 4.69) is 11.9 Å². The third kappa shape index (κ3) is 3.55. The lowest BCUT2D eigenvalue weighted by Crippen LogP contribution is -2.29. The minimum Gasteiger partial charge on any atom is -0.480 e. The van der Waals surface area contributed by atoms with Gasteiger partial charge in [-0.25, -0.2) is 4.79 Å². The number of carbonyl (C=O) groups is 2. The number of rotatable bonds is 7. The van der Waals surface area contributed by atoms with Crippen LogP contribution in [0.15, 0.2) is 30.9 Å². The largest absolute Gasteiger partial charge is 0.480 e. The first-order valence-electron chi connectivity index (χ1n) is 5.55. The summed E-state index contributed by atoms with van der Waals surface area (Å²) >= 11 is 0. The van der Waals surface area contributed by atoms with E-state index >= 15 is 0 Å². The van der Waals surface area contributed by atoms with Crippen LogP contribution in [-0.4, -0.2) is 27.9 Å². The Kier molecular flexibility index (Phi) is 4.79. The molecule has 0 spiro atoms. The van der Waals surface area contributed by atoms with Gasteiger partial charge in [-0.05, 0) is 12.5 Å². The molecule has 0 aliphatic carbocycles. The fraction of sp³-hybridized carbons (Fsp3) is 0.167. The third-order valence-corrected chi connectivity index (χ3v) is 2.51. The number of nitro benzene ring substituents is 1. The zero-order chi connectivity index (χ0) is 15.3. The molecular formula is C12H13N3O5. The van der Waals surface area contributed by atoms with Crippen molar-refractivity contribution in [2.24, 2.45) is 5.73 Å². The Morgan fingerprint density at radius 1 is 1.55 bits per heavy atom. The number of benzene rings is 1. The van der Waals surface area contributed by atoms with Crippen molar-refractivity contribution in [1.82, 2.24) is 0 Å². The second kappa shape index (κ2) is 6.32. The van der Waals surface area contributed by atoms with Gasteiger partial charge in [0.2, 0.25) is 0 Å². The van der Waals surface area contributed by atoms with Crippen molar-refractivity contribution in [1.29, 1.82) is 0 Å². The van der Waals surface area contributed by atoms with Crippen LogP contribution in [-0.2, 0) is 4.79 Å². The van der Waals surface area contributed by atoms with Gasteiger partial charge in [-0.15, -0.1) is 6.58 Å². The van der Waals surface area contributed by atoms with E-state index < -0.39 is 22.8 Å². The van der Waals surface area contributed by atoms with Crippen LogP contribution in [0.5, 0.6) is 0 Å².